The van der Waals surface area contributed by atoms with E-state index in [1.54, 1.807) is 4.57 Å². The highest BCUT2D eigenvalue weighted by molar-refractivity contribution is 7.17. The van der Waals surface area contributed by atoms with Crippen LogP contribution in [0.15, 0.2) is 34.4 Å². The van der Waals surface area contributed by atoms with E-state index in [0.717, 1.165) is 5.56 Å². The predicted molar refractivity (Wildman–Crippen MR) is 109 cm³/mol. The summed E-state index contributed by atoms with van der Waals surface area (Å²) in [6.07, 6.45) is 0. The Balaban J connectivity index is 2.13. The van der Waals surface area contributed by atoms with Crippen molar-refractivity contribution >= 4 is 27.5 Å². The molecule has 0 unspecified atom stereocenters. The predicted octanol–water partition coefficient (Wildman–Crippen LogP) is 4.63. The van der Waals surface area contributed by atoms with Crippen LogP contribution in [0.25, 0.3) is 10.2 Å². The standard InChI is InChI=1S/C21H24N2O3S/c1-12(2)17-22-18-16(15(11-27-18)20(25)26)19(24)23(17)10-13-6-8-14(9-7-13)21(3,4)5/h6-9,11-12H,10H2,1-5H3,(H,25,26). The molecule has 142 valence electrons. The Morgan fingerprint density at radius 1 is 1.22 bits per heavy atom. The minimum Gasteiger partial charge on any atom is -0.478 e. The van der Waals surface area contributed by atoms with Crippen LogP contribution >= 0.6 is 11.3 Å². The minimum absolute atomic E-state index is 0.0274. The summed E-state index contributed by atoms with van der Waals surface area (Å²) in [5.41, 5.74) is 2.01. The summed E-state index contributed by atoms with van der Waals surface area (Å²) in [7, 11) is 0. The van der Waals surface area contributed by atoms with Crippen LogP contribution in [-0.4, -0.2) is 20.6 Å². The molecule has 0 saturated heterocycles. The second-order valence-corrected chi connectivity index (χ2v) is 8.96. The zero-order valence-electron chi connectivity index (χ0n) is 16.2. The molecule has 0 radical (unpaired) electrons. The van der Waals surface area contributed by atoms with Gasteiger partial charge in [-0.05, 0) is 16.5 Å². The summed E-state index contributed by atoms with van der Waals surface area (Å²) in [5, 5.41) is 11.1. The molecule has 3 aromatic rings. The van der Waals surface area contributed by atoms with Crippen molar-refractivity contribution in [2.45, 2.75) is 52.5 Å². The number of hydrogen-bond donors (Lipinski definition) is 1. The molecule has 1 aromatic carbocycles. The highest BCUT2D eigenvalue weighted by Gasteiger charge is 2.21. The van der Waals surface area contributed by atoms with Crippen molar-refractivity contribution in [1.82, 2.24) is 9.55 Å². The third-order valence-corrected chi connectivity index (χ3v) is 5.50. The molecule has 0 aliphatic rings. The Kier molecular flexibility index (Phi) is 4.95. The minimum atomic E-state index is -1.10. The number of thiophene rings is 1. The van der Waals surface area contributed by atoms with Crippen molar-refractivity contribution in [1.29, 1.82) is 0 Å². The monoisotopic (exact) mass is 384 g/mol. The van der Waals surface area contributed by atoms with Crippen molar-refractivity contribution in [3.05, 3.63) is 62.5 Å². The first-order chi connectivity index (χ1) is 12.6. The maximum absolute atomic E-state index is 13.1. The van der Waals surface area contributed by atoms with Gasteiger partial charge in [0.05, 0.1) is 17.5 Å². The second-order valence-electron chi connectivity index (χ2n) is 8.10. The van der Waals surface area contributed by atoms with Crippen molar-refractivity contribution < 1.29 is 9.90 Å². The summed E-state index contributed by atoms with van der Waals surface area (Å²) in [6, 6.07) is 8.20. The first-order valence-corrected chi connectivity index (χ1v) is 9.82. The van der Waals surface area contributed by atoms with E-state index in [-0.39, 0.29) is 27.8 Å². The van der Waals surface area contributed by atoms with Crippen LogP contribution in [0.5, 0.6) is 0 Å². The van der Waals surface area contributed by atoms with Crippen LogP contribution in [0.4, 0.5) is 0 Å². The van der Waals surface area contributed by atoms with Gasteiger partial charge in [0, 0.05) is 11.3 Å². The number of hydrogen-bond acceptors (Lipinski definition) is 4. The Morgan fingerprint density at radius 2 is 1.85 bits per heavy atom. The van der Waals surface area contributed by atoms with Crippen LogP contribution in [0.3, 0.4) is 0 Å². The summed E-state index contributed by atoms with van der Waals surface area (Å²) < 4.78 is 1.61. The molecule has 2 aromatic heterocycles. The largest absolute Gasteiger partial charge is 0.478 e. The number of aromatic carboxylic acids is 1. The smallest absolute Gasteiger partial charge is 0.337 e. The number of nitrogens with zero attached hydrogens (tertiary/aromatic N) is 2. The average Bonchev–Trinajstić information content (AvgIpc) is 3.01. The second kappa shape index (κ2) is 6.93. The molecular formula is C21H24N2O3S. The van der Waals surface area contributed by atoms with E-state index in [1.165, 1.54) is 22.3 Å². The van der Waals surface area contributed by atoms with Gasteiger partial charge in [0.2, 0.25) is 0 Å². The molecular weight excluding hydrogens is 360 g/mol. The number of carboxylic acid groups (broad SMARTS) is 1. The van der Waals surface area contributed by atoms with Crippen LogP contribution in [0, 0.1) is 0 Å². The molecule has 27 heavy (non-hydrogen) atoms. The van der Waals surface area contributed by atoms with Crippen LogP contribution < -0.4 is 5.56 Å². The van der Waals surface area contributed by atoms with Crippen LogP contribution in [0.1, 0.15) is 67.8 Å². The quantitative estimate of drug-likeness (QED) is 0.712. The lowest BCUT2D eigenvalue weighted by atomic mass is 9.87. The number of carboxylic acids is 1. The van der Waals surface area contributed by atoms with Crippen molar-refractivity contribution in [2.24, 2.45) is 0 Å². The van der Waals surface area contributed by atoms with E-state index in [4.69, 9.17) is 0 Å². The molecule has 0 bridgehead atoms. The maximum Gasteiger partial charge on any atom is 0.337 e. The summed E-state index contributed by atoms with van der Waals surface area (Å²) in [4.78, 5) is 29.7. The lowest BCUT2D eigenvalue weighted by Gasteiger charge is -2.20. The maximum atomic E-state index is 13.1. The molecule has 0 atom stereocenters. The molecule has 0 aliphatic carbocycles. The van der Waals surface area contributed by atoms with E-state index >= 15 is 0 Å². The first-order valence-electron chi connectivity index (χ1n) is 8.94. The molecule has 5 nitrogen and oxygen atoms in total. The number of aromatic nitrogens is 2. The van der Waals surface area contributed by atoms with Gasteiger partial charge in [-0.2, -0.15) is 0 Å². The van der Waals surface area contributed by atoms with E-state index in [2.05, 4.69) is 37.9 Å². The van der Waals surface area contributed by atoms with Gasteiger partial charge in [-0.15, -0.1) is 11.3 Å². The van der Waals surface area contributed by atoms with Gasteiger partial charge >= 0.3 is 5.97 Å². The first kappa shape index (κ1) is 19.3. The molecule has 0 fully saturated rings. The van der Waals surface area contributed by atoms with Crippen molar-refractivity contribution in [2.75, 3.05) is 0 Å². The van der Waals surface area contributed by atoms with E-state index in [9.17, 15) is 14.7 Å². The highest BCUT2D eigenvalue weighted by atomic mass is 32.1. The molecule has 2 heterocycles. The number of carbonyl (C=O) groups is 1. The summed E-state index contributed by atoms with van der Waals surface area (Å²) in [5.74, 6) is -0.379. The fraction of sp³-hybridized carbons (Fsp3) is 0.381. The van der Waals surface area contributed by atoms with Gasteiger partial charge in [0.15, 0.2) is 0 Å². The molecule has 0 aliphatic heterocycles. The molecule has 6 heteroatoms. The molecule has 3 rings (SSSR count). The lowest BCUT2D eigenvalue weighted by Crippen LogP contribution is -2.27. The Labute approximate surface area is 162 Å². The number of benzene rings is 1. The molecule has 0 saturated carbocycles. The molecule has 1 N–H and O–H groups in total. The van der Waals surface area contributed by atoms with Gasteiger partial charge in [-0.3, -0.25) is 9.36 Å². The highest BCUT2D eigenvalue weighted by Crippen LogP contribution is 2.25. The fourth-order valence-electron chi connectivity index (χ4n) is 3.08. The van der Waals surface area contributed by atoms with Crippen molar-refractivity contribution in [3.63, 3.8) is 0 Å². The van der Waals surface area contributed by atoms with Gasteiger partial charge < -0.3 is 5.11 Å². The van der Waals surface area contributed by atoms with Crippen LogP contribution in [-0.2, 0) is 12.0 Å². The van der Waals surface area contributed by atoms with E-state index < -0.39 is 5.97 Å². The normalized spacial score (nSPS) is 12.1. The van der Waals surface area contributed by atoms with Gasteiger partial charge in [-0.25, -0.2) is 9.78 Å². The molecule has 0 spiro atoms. The SMILES string of the molecule is CC(C)c1nc2scc(C(=O)O)c2c(=O)n1Cc1ccc(C(C)(C)C)cc1. The van der Waals surface area contributed by atoms with Crippen LogP contribution in [0.2, 0.25) is 0 Å². The van der Waals surface area contributed by atoms with Gasteiger partial charge in [0.25, 0.3) is 5.56 Å². The zero-order chi connectivity index (χ0) is 19.9. The third-order valence-electron chi connectivity index (χ3n) is 4.63. The van der Waals surface area contributed by atoms with E-state index in [1.807, 2.05) is 26.0 Å². The topological polar surface area (TPSA) is 72.2 Å². The number of fused-ring (bicyclic) bond motifs is 1. The average molecular weight is 385 g/mol. The van der Waals surface area contributed by atoms with Crippen molar-refractivity contribution in [3.8, 4) is 0 Å². The Morgan fingerprint density at radius 3 is 2.37 bits per heavy atom. The number of rotatable bonds is 4. The summed E-state index contributed by atoms with van der Waals surface area (Å²) in [6.45, 7) is 10.8. The zero-order valence-corrected chi connectivity index (χ0v) is 17.1. The van der Waals surface area contributed by atoms with Gasteiger partial charge in [0.1, 0.15) is 10.7 Å². The Hall–Kier alpha value is -2.47. The third kappa shape index (κ3) is 3.67. The molecule has 0 amide bonds. The summed E-state index contributed by atoms with van der Waals surface area (Å²) >= 11 is 1.20. The Bertz CT molecular complexity index is 1050. The fourth-order valence-corrected chi connectivity index (χ4v) is 3.99. The lowest BCUT2D eigenvalue weighted by molar-refractivity contribution is 0.0699. The van der Waals surface area contributed by atoms with E-state index in [0.29, 0.717) is 17.2 Å². The van der Waals surface area contributed by atoms with Gasteiger partial charge in [-0.1, -0.05) is 58.9 Å².